The molecule has 2 aromatic rings. The van der Waals surface area contributed by atoms with E-state index in [-0.39, 0.29) is 0 Å². The molecule has 0 aromatic carbocycles. The highest BCUT2D eigenvalue weighted by Crippen LogP contribution is 2.17. The number of rotatable bonds is 7. The SMILES string of the molecule is CCCNc1cc(-c2ccccn2)nc(COCC)n1. The summed E-state index contributed by atoms with van der Waals surface area (Å²) >= 11 is 0. The predicted molar refractivity (Wildman–Crippen MR) is 79.4 cm³/mol. The van der Waals surface area contributed by atoms with Crippen LogP contribution in [0.4, 0.5) is 5.82 Å². The topological polar surface area (TPSA) is 59.9 Å². The average molecular weight is 272 g/mol. The number of anilines is 1. The van der Waals surface area contributed by atoms with Crippen LogP contribution in [0.5, 0.6) is 0 Å². The first-order valence-corrected chi connectivity index (χ1v) is 6.94. The van der Waals surface area contributed by atoms with Crippen LogP contribution in [0, 0.1) is 0 Å². The molecule has 0 atom stereocenters. The first kappa shape index (κ1) is 14.4. The molecule has 106 valence electrons. The first-order valence-electron chi connectivity index (χ1n) is 6.94. The van der Waals surface area contributed by atoms with Crippen LogP contribution < -0.4 is 5.32 Å². The van der Waals surface area contributed by atoms with Crippen LogP contribution in [0.3, 0.4) is 0 Å². The lowest BCUT2D eigenvalue weighted by atomic mass is 10.2. The van der Waals surface area contributed by atoms with Gasteiger partial charge in [-0.1, -0.05) is 13.0 Å². The zero-order valence-corrected chi connectivity index (χ0v) is 12.0. The molecule has 0 aliphatic heterocycles. The van der Waals surface area contributed by atoms with Crippen molar-refractivity contribution in [2.24, 2.45) is 0 Å². The minimum absolute atomic E-state index is 0.415. The second-order valence-corrected chi connectivity index (χ2v) is 4.33. The van der Waals surface area contributed by atoms with Crippen molar-refractivity contribution in [3.63, 3.8) is 0 Å². The highest BCUT2D eigenvalue weighted by molar-refractivity contribution is 5.58. The molecule has 0 bridgehead atoms. The van der Waals surface area contributed by atoms with Crippen molar-refractivity contribution in [3.05, 3.63) is 36.3 Å². The summed E-state index contributed by atoms with van der Waals surface area (Å²) in [6, 6.07) is 7.71. The number of nitrogens with one attached hydrogen (secondary N) is 1. The van der Waals surface area contributed by atoms with E-state index in [1.807, 2.05) is 31.2 Å². The molecule has 0 saturated carbocycles. The Morgan fingerprint density at radius 1 is 1.15 bits per heavy atom. The Balaban J connectivity index is 2.29. The summed E-state index contributed by atoms with van der Waals surface area (Å²) in [6.07, 6.45) is 2.81. The highest BCUT2D eigenvalue weighted by Gasteiger charge is 2.07. The number of nitrogens with zero attached hydrogens (tertiary/aromatic N) is 3. The van der Waals surface area contributed by atoms with Crippen LogP contribution in [-0.4, -0.2) is 28.1 Å². The Bertz CT molecular complexity index is 504. The quantitative estimate of drug-likeness (QED) is 0.839. The van der Waals surface area contributed by atoms with Gasteiger partial charge in [-0.3, -0.25) is 4.98 Å². The fraction of sp³-hybridized carbons (Fsp3) is 0.400. The summed E-state index contributed by atoms with van der Waals surface area (Å²) in [5.41, 5.74) is 1.65. The molecule has 0 spiro atoms. The lowest BCUT2D eigenvalue weighted by molar-refractivity contribution is 0.128. The van der Waals surface area contributed by atoms with E-state index in [1.54, 1.807) is 6.20 Å². The van der Waals surface area contributed by atoms with E-state index in [1.165, 1.54) is 0 Å². The zero-order chi connectivity index (χ0) is 14.2. The number of hydrogen-bond donors (Lipinski definition) is 1. The van der Waals surface area contributed by atoms with Crippen LogP contribution in [0.2, 0.25) is 0 Å². The summed E-state index contributed by atoms with van der Waals surface area (Å²) in [5, 5.41) is 3.29. The number of pyridine rings is 1. The standard InChI is InChI=1S/C15H20N4O/c1-3-8-17-14-10-13(12-7-5-6-9-16-12)18-15(19-14)11-20-4-2/h5-7,9-10H,3-4,8,11H2,1-2H3,(H,17,18,19). The molecule has 0 saturated heterocycles. The van der Waals surface area contributed by atoms with Gasteiger partial charge in [-0.25, -0.2) is 9.97 Å². The van der Waals surface area contributed by atoms with Gasteiger partial charge in [0.1, 0.15) is 12.4 Å². The van der Waals surface area contributed by atoms with Gasteiger partial charge in [-0.15, -0.1) is 0 Å². The van der Waals surface area contributed by atoms with Gasteiger partial charge < -0.3 is 10.1 Å². The maximum atomic E-state index is 5.40. The van der Waals surface area contributed by atoms with Gasteiger partial charge in [0.15, 0.2) is 5.82 Å². The summed E-state index contributed by atoms with van der Waals surface area (Å²) in [6.45, 7) is 6.02. The highest BCUT2D eigenvalue weighted by atomic mass is 16.5. The molecule has 5 nitrogen and oxygen atoms in total. The molecule has 2 aromatic heterocycles. The summed E-state index contributed by atoms with van der Waals surface area (Å²) < 4.78 is 5.40. The summed E-state index contributed by atoms with van der Waals surface area (Å²) in [4.78, 5) is 13.3. The molecule has 0 aliphatic carbocycles. The fourth-order valence-corrected chi connectivity index (χ4v) is 1.74. The van der Waals surface area contributed by atoms with Gasteiger partial charge in [-0.2, -0.15) is 0 Å². The zero-order valence-electron chi connectivity index (χ0n) is 12.0. The van der Waals surface area contributed by atoms with Crippen molar-refractivity contribution in [1.29, 1.82) is 0 Å². The van der Waals surface area contributed by atoms with E-state index in [0.717, 1.165) is 30.2 Å². The first-order chi connectivity index (χ1) is 9.83. The molecule has 0 unspecified atom stereocenters. The second-order valence-electron chi connectivity index (χ2n) is 4.33. The maximum absolute atomic E-state index is 5.40. The molecular weight excluding hydrogens is 252 g/mol. The molecule has 5 heteroatoms. The molecule has 0 aliphatic rings. The minimum atomic E-state index is 0.415. The molecular formula is C15H20N4O. The van der Waals surface area contributed by atoms with Crippen molar-refractivity contribution in [2.45, 2.75) is 26.9 Å². The summed E-state index contributed by atoms with van der Waals surface area (Å²) in [7, 11) is 0. The Morgan fingerprint density at radius 2 is 2.05 bits per heavy atom. The van der Waals surface area contributed by atoms with E-state index >= 15 is 0 Å². The molecule has 0 radical (unpaired) electrons. The van der Waals surface area contributed by atoms with Crippen LogP contribution in [0.25, 0.3) is 11.4 Å². The van der Waals surface area contributed by atoms with E-state index in [9.17, 15) is 0 Å². The average Bonchev–Trinajstić information content (AvgIpc) is 2.51. The number of hydrogen-bond acceptors (Lipinski definition) is 5. The Hall–Kier alpha value is -2.01. The fourth-order valence-electron chi connectivity index (χ4n) is 1.74. The normalized spacial score (nSPS) is 10.5. The Labute approximate surface area is 119 Å². The third kappa shape index (κ3) is 3.99. The Morgan fingerprint density at radius 3 is 2.75 bits per heavy atom. The number of aromatic nitrogens is 3. The van der Waals surface area contributed by atoms with Crippen LogP contribution >= 0.6 is 0 Å². The van der Waals surface area contributed by atoms with Crippen molar-refractivity contribution < 1.29 is 4.74 Å². The lowest BCUT2D eigenvalue weighted by Crippen LogP contribution is -2.07. The molecule has 0 amide bonds. The van der Waals surface area contributed by atoms with Crippen LogP contribution in [0.15, 0.2) is 30.5 Å². The molecule has 2 heterocycles. The van der Waals surface area contributed by atoms with Gasteiger partial charge >= 0.3 is 0 Å². The van der Waals surface area contributed by atoms with Gasteiger partial charge in [0.25, 0.3) is 0 Å². The van der Waals surface area contributed by atoms with Crippen molar-refractivity contribution in [1.82, 2.24) is 15.0 Å². The Kier molecular flexibility index (Phi) is 5.43. The largest absolute Gasteiger partial charge is 0.374 e. The van der Waals surface area contributed by atoms with Gasteiger partial charge in [0.05, 0.1) is 11.4 Å². The van der Waals surface area contributed by atoms with Crippen LogP contribution in [0.1, 0.15) is 26.1 Å². The van der Waals surface area contributed by atoms with E-state index < -0.39 is 0 Å². The van der Waals surface area contributed by atoms with Gasteiger partial charge in [0.2, 0.25) is 0 Å². The molecule has 2 rings (SSSR count). The van der Waals surface area contributed by atoms with Crippen LogP contribution in [-0.2, 0) is 11.3 Å². The minimum Gasteiger partial charge on any atom is -0.374 e. The van der Waals surface area contributed by atoms with E-state index in [4.69, 9.17) is 4.74 Å². The lowest BCUT2D eigenvalue weighted by Gasteiger charge is -2.09. The number of ether oxygens (including phenoxy) is 1. The summed E-state index contributed by atoms with van der Waals surface area (Å²) in [5.74, 6) is 1.49. The second kappa shape index (κ2) is 7.55. The third-order valence-corrected chi connectivity index (χ3v) is 2.69. The smallest absolute Gasteiger partial charge is 0.157 e. The van der Waals surface area contributed by atoms with E-state index in [2.05, 4.69) is 27.2 Å². The van der Waals surface area contributed by atoms with E-state index in [0.29, 0.717) is 19.0 Å². The maximum Gasteiger partial charge on any atom is 0.157 e. The van der Waals surface area contributed by atoms with Crippen molar-refractivity contribution in [2.75, 3.05) is 18.5 Å². The van der Waals surface area contributed by atoms with Gasteiger partial charge in [0, 0.05) is 25.4 Å². The molecule has 20 heavy (non-hydrogen) atoms. The molecule has 1 N–H and O–H groups in total. The monoisotopic (exact) mass is 272 g/mol. The van der Waals surface area contributed by atoms with Crippen molar-refractivity contribution >= 4 is 5.82 Å². The van der Waals surface area contributed by atoms with Crippen molar-refractivity contribution in [3.8, 4) is 11.4 Å². The third-order valence-electron chi connectivity index (χ3n) is 2.69. The van der Waals surface area contributed by atoms with Gasteiger partial charge in [-0.05, 0) is 25.5 Å². The predicted octanol–water partition coefficient (Wildman–Crippen LogP) is 2.90. The molecule has 0 fully saturated rings.